The molecule has 1 nitrogen and oxygen atoms in total. The molecule has 0 aliphatic rings. The van der Waals surface area contributed by atoms with Gasteiger partial charge in [0.1, 0.15) is 0 Å². The monoisotopic (exact) mass is 134 g/mol. The molecule has 0 aliphatic heterocycles. The molecule has 53 valence electrons. The summed E-state index contributed by atoms with van der Waals surface area (Å²) >= 11 is 0. The van der Waals surface area contributed by atoms with Crippen LogP contribution in [-0.2, 0) is 0 Å². The Labute approximate surface area is 62.3 Å². The minimum absolute atomic E-state index is 1.04. The lowest BCUT2D eigenvalue weighted by Crippen LogP contribution is -2.15. The van der Waals surface area contributed by atoms with Crippen LogP contribution in [0.25, 0.3) is 0 Å². The minimum Gasteiger partial charge on any atom is -0.375 e. The first-order valence-electron chi connectivity index (χ1n) is 3.52. The summed E-state index contributed by atoms with van der Waals surface area (Å²) in [5, 5.41) is 0. The van der Waals surface area contributed by atoms with Crippen LogP contribution in [0.2, 0.25) is 0 Å². The zero-order valence-corrected chi connectivity index (χ0v) is 6.46. The Morgan fingerprint density at radius 2 is 2.40 bits per heavy atom. The topological polar surface area (TPSA) is 3.24 Å². The maximum atomic E-state index is 3.03. The van der Waals surface area contributed by atoms with Gasteiger partial charge in [-0.25, -0.2) is 0 Å². The van der Waals surface area contributed by atoms with Crippen molar-refractivity contribution in [3.63, 3.8) is 0 Å². The molecule has 1 heteroatoms. The number of benzene rings is 1. The van der Waals surface area contributed by atoms with Crippen LogP contribution >= 0.6 is 0 Å². The number of hydrogen-bond acceptors (Lipinski definition) is 1. The van der Waals surface area contributed by atoms with Gasteiger partial charge in [-0.1, -0.05) is 12.1 Å². The number of hydrogen-bond donors (Lipinski definition) is 0. The van der Waals surface area contributed by atoms with Crippen LogP contribution in [0.15, 0.2) is 24.3 Å². The van der Waals surface area contributed by atoms with Crippen molar-refractivity contribution in [2.45, 2.75) is 6.92 Å². The van der Waals surface area contributed by atoms with E-state index >= 15 is 0 Å². The summed E-state index contributed by atoms with van der Waals surface area (Å²) in [7, 11) is 2.07. The van der Waals surface area contributed by atoms with Crippen LogP contribution in [-0.4, -0.2) is 13.6 Å². The standard InChI is InChI=1S/C9H12N/c1-3-10(2)9-7-5-4-6-8-9/h4-5,7-8H,3H2,1-2H3. The van der Waals surface area contributed by atoms with E-state index in [1.54, 1.807) is 0 Å². The summed E-state index contributed by atoms with van der Waals surface area (Å²) in [6, 6.07) is 11.0. The van der Waals surface area contributed by atoms with Crippen LogP contribution in [0.5, 0.6) is 0 Å². The molecule has 1 aromatic carbocycles. The zero-order chi connectivity index (χ0) is 7.40. The van der Waals surface area contributed by atoms with E-state index in [2.05, 4.69) is 31.0 Å². The van der Waals surface area contributed by atoms with Crippen molar-refractivity contribution in [2.75, 3.05) is 18.5 Å². The van der Waals surface area contributed by atoms with Crippen LogP contribution in [0.1, 0.15) is 6.92 Å². The van der Waals surface area contributed by atoms with Gasteiger partial charge < -0.3 is 4.90 Å². The Morgan fingerprint density at radius 1 is 1.60 bits per heavy atom. The second-order valence-corrected chi connectivity index (χ2v) is 2.28. The molecule has 0 spiro atoms. The molecule has 0 aromatic heterocycles. The van der Waals surface area contributed by atoms with Gasteiger partial charge in [-0.2, -0.15) is 0 Å². The van der Waals surface area contributed by atoms with E-state index < -0.39 is 0 Å². The lowest BCUT2D eigenvalue weighted by molar-refractivity contribution is 0.968. The van der Waals surface area contributed by atoms with E-state index in [4.69, 9.17) is 0 Å². The normalized spacial score (nSPS) is 9.40. The van der Waals surface area contributed by atoms with Crippen molar-refractivity contribution in [1.29, 1.82) is 0 Å². The first-order valence-corrected chi connectivity index (χ1v) is 3.52. The van der Waals surface area contributed by atoms with Crippen LogP contribution in [0.4, 0.5) is 5.69 Å². The van der Waals surface area contributed by atoms with Crippen LogP contribution in [0, 0.1) is 6.07 Å². The van der Waals surface area contributed by atoms with E-state index in [1.165, 1.54) is 5.69 Å². The van der Waals surface area contributed by atoms with Crippen LogP contribution in [0.3, 0.4) is 0 Å². The number of rotatable bonds is 2. The fraction of sp³-hybridized carbons (Fsp3) is 0.333. The number of anilines is 1. The summed E-state index contributed by atoms with van der Waals surface area (Å²) < 4.78 is 0. The molecule has 0 saturated heterocycles. The van der Waals surface area contributed by atoms with Gasteiger partial charge in [0.2, 0.25) is 0 Å². The zero-order valence-electron chi connectivity index (χ0n) is 6.46. The predicted molar refractivity (Wildman–Crippen MR) is 44.2 cm³/mol. The largest absolute Gasteiger partial charge is 0.375 e. The van der Waals surface area contributed by atoms with E-state index in [1.807, 2.05) is 18.2 Å². The maximum absolute atomic E-state index is 3.03. The number of nitrogens with zero attached hydrogens (tertiary/aromatic N) is 1. The average Bonchev–Trinajstić information content (AvgIpc) is 2.05. The lowest BCUT2D eigenvalue weighted by atomic mass is 10.3. The molecule has 1 aromatic rings. The molecule has 0 fully saturated rings. The summed E-state index contributed by atoms with van der Waals surface area (Å²) in [5.41, 5.74) is 1.23. The molecule has 0 N–H and O–H groups in total. The quantitative estimate of drug-likeness (QED) is 0.597. The Bertz CT molecular complexity index is 181. The van der Waals surface area contributed by atoms with Gasteiger partial charge in [-0.15, -0.1) is 0 Å². The smallest absolute Gasteiger partial charge is 0.0369 e. The molecule has 1 radical (unpaired) electrons. The Morgan fingerprint density at radius 3 is 2.90 bits per heavy atom. The summed E-state index contributed by atoms with van der Waals surface area (Å²) in [6.45, 7) is 3.17. The Kier molecular flexibility index (Phi) is 2.32. The molecule has 0 amide bonds. The highest BCUT2D eigenvalue weighted by Gasteiger charge is 1.92. The summed E-state index contributed by atoms with van der Waals surface area (Å²) in [6.07, 6.45) is 0. The van der Waals surface area contributed by atoms with Gasteiger partial charge in [0, 0.05) is 19.3 Å². The van der Waals surface area contributed by atoms with E-state index in [0.717, 1.165) is 6.54 Å². The molecule has 0 unspecified atom stereocenters. The molecular weight excluding hydrogens is 122 g/mol. The molecule has 1 rings (SSSR count). The highest BCUT2D eigenvalue weighted by Crippen LogP contribution is 2.08. The van der Waals surface area contributed by atoms with E-state index in [9.17, 15) is 0 Å². The fourth-order valence-corrected chi connectivity index (χ4v) is 0.804. The second-order valence-electron chi connectivity index (χ2n) is 2.28. The molecule has 0 heterocycles. The lowest BCUT2D eigenvalue weighted by Gasteiger charge is -2.15. The van der Waals surface area contributed by atoms with Crippen molar-refractivity contribution < 1.29 is 0 Å². The first kappa shape index (κ1) is 7.13. The molecular formula is C9H12N. The molecule has 0 atom stereocenters. The molecule has 0 bridgehead atoms. The van der Waals surface area contributed by atoms with Gasteiger partial charge in [0.05, 0.1) is 0 Å². The Balaban J connectivity index is 2.75. The van der Waals surface area contributed by atoms with Crippen molar-refractivity contribution in [3.8, 4) is 0 Å². The maximum Gasteiger partial charge on any atom is 0.0369 e. The van der Waals surface area contributed by atoms with Crippen LogP contribution < -0.4 is 4.90 Å². The van der Waals surface area contributed by atoms with Gasteiger partial charge in [-0.3, -0.25) is 0 Å². The summed E-state index contributed by atoms with van der Waals surface area (Å²) in [4.78, 5) is 2.18. The van der Waals surface area contributed by atoms with Gasteiger partial charge in [0.25, 0.3) is 0 Å². The summed E-state index contributed by atoms with van der Waals surface area (Å²) in [5.74, 6) is 0. The van der Waals surface area contributed by atoms with Crippen molar-refractivity contribution in [3.05, 3.63) is 30.3 Å². The Hall–Kier alpha value is -0.980. The third-order valence-electron chi connectivity index (χ3n) is 1.61. The third-order valence-corrected chi connectivity index (χ3v) is 1.61. The molecule has 10 heavy (non-hydrogen) atoms. The van der Waals surface area contributed by atoms with Crippen molar-refractivity contribution in [1.82, 2.24) is 0 Å². The predicted octanol–water partition coefficient (Wildman–Crippen LogP) is 1.94. The first-order chi connectivity index (χ1) is 4.84. The fourth-order valence-electron chi connectivity index (χ4n) is 0.804. The molecule has 0 aliphatic carbocycles. The van der Waals surface area contributed by atoms with Gasteiger partial charge in [-0.05, 0) is 25.1 Å². The third kappa shape index (κ3) is 1.50. The SMILES string of the molecule is CCN(C)c1c[c]ccc1. The van der Waals surface area contributed by atoms with E-state index in [-0.39, 0.29) is 0 Å². The van der Waals surface area contributed by atoms with Crippen molar-refractivity contribution >= 4 is 5.69 Å². The van der Waals surface area contributed by atoms with Gasteiger partial charge in [0.15, 0.2) is 0 Å². The minimum atomic E-state index is 1.04. The average molecular weight is 134 g/mol. The van der Waals surface area contributed by atoms with E-state index in [0.29, 0.717) is 0 Å². The molecule has 0 saturated carbocycles. The highest BCUT2D eigenvalue weighted by molar-refractivity contribution is 5.44. The van der Waals surface area contributed by atoms with Crippen molar-refractivity contribution in [2.24, 2.45) is 0 Å². The van der Waals surface area contributed by atoms with Gasteiger partial charge >= 0.3 is 0 Å². The second kappa shape index (κ2) is 3.25. The highest BCUT2D eigenvalue weighted by atomic mass is 15.1.